The first-order valence-corrected chi connectivity index (χ1v) is 12.4. The molecule has 3 rings (SSSR count). The van der Waals surface area contributed by atoms with Crippen LogP contribution in [0.1, 0.15) is 28.4 Å². The summed E-state index contributed by atoms with van der Waals surface area (Å²) < 4.78 is 33.1. The summed E-state index contributed by atoms with van der Waals surface area (Å²) in [4.78, 5) is 25.3. The Hall–Kier alpha value is -3.36. The summed E-state index contributed by atoms with van der Waals surface area (Å²) in [6.45, 7) is 4.80. The van der Waals surface area contributed by atoms with Crippen molar-refractivity contribution in [2.24, 2.45) is 0 Å². The second-order valence-corrected chi connectivity index (χ2v) is 9.72. The Balaban J connectivity index is 1.97. The van der Waals surface area contributed by atoms with E-state index in [1.807, 2.05) is 0 Å². The minimum Gasteiger partial charge on any atom is -0.462 e. The number of carbonyl (C=O) groups is 2. The Morgan fingerprint density at radius 2 is 1.62 bits per heavy atom. The molecule has 0 heterocycles. The topological polar surface area (TPSA) is 92.8 Å². The highest BCUT2D eigenvalue weighted by Gasteiger charge is 2.29. The molecule has 7 nitrogen and oxygen atoms in total. The maximum absolute atomic E-state index is 13.5. The first-order chi connectivity index (χ1) is 16.2. The quantitative estimate of drug-likeness (QED) is 0.441. The van der Waals surface area contributed by atoms with E-state index in [1.165, 1.54) is 12.1 Å². The highest BCUT2D eigenvalue weighted by atomic mass is 35.5. The number of ether oxygens (including phenoxy) is 1. The van der Waals surface area contributed by atoms with E-state index in [4.69, 9.17) is 16.3 Å². The molecule has 9 heteroatoms. The Morgan fingerprint density at radius 1 is 0.941 bits per heavy atom. The molecule has 0 fully saturated rings. The molecule has 0 unspecified atom stereocenters. The van der Waals surface area contributed by atoms with Gasteiger partial charge in [0.25, 0.3) is 10.0 Å². The van der Waals surface area contributed by atoms with Crippen LogP contribution < -0.4 is 9.62 Å². The largest absolute Gasteiger partial charge is 0.462 e. The number of sulfonamides is 1. The Labute approximate surface area is 204 Å². The van der Waals surface area contributed by atoms with Gasteiger partial charge in [-0.15, -0.1) is 0 Å². The van der Waals surface area contributed by atoms with Gasteiger partial charge in [0.2, 0.25) is 5.91 Å². The molecule has 0 aliphatic heterocycles. The molecule has 0 aliphatic carbocycles. The average Bonchev–Trinajstić information content (AvgIpc) is 2.81. The summed E-state index contributed by atoms with van der Waals surface area (Å²) in [5.74, 6) is -1.08. The summed E-state index contributed by atoms with van der Waals surface area (Å²) in [6.07, 6.45) is 0. The third-order valence-electron chi connectivity index (χ3n) is 5.23. The molecule has 34 heavy (non-hydrogen) atoms. The zero-order valence-electron chi connectivity index (χ0n) is 19.0. The van der Waals surface area contributed by atoms with Crippen molar-refractivity contribution in [2.75, 3.05) is 22.8 Å². The zero-order chi connectivity index (χ0) is 24.9. The fourth-order valence-electron chi connectivity index (χ4n) is 3.41. The number of hydrogen-bond acceptors (Lipinski definition) is 5. The van der Waals surface area contributed by atoms with Gasteiger partial charge in [0.15, 0.2) is 0 Å². The molecule has 178 valence electrons. The minimum atomic E-state index is -4.08. The summed E-state index contributed by atoms with van der Waals surface area (Å²) in [6, 6.07) is 17.6. The lowest BCUT2D eigenvalue weighted by Gasteiger charge is -2.26. The molecule has 0 bridgehead atoms. The molecule has 0 atom stereocenters. The second-order valence-electron chi connectivity index (χ2n) is 7.46. The van der Waals surface area contributed by atoms with Crippen molar-refractivity contribution < 1.29 is 22.7 Å². The number of nitrogens with zero attached hydrogens (tertiary/aromatic N) is 1. The average molecular weight is 501 g/mol. The van der Waals surface area contributed by atoms with E-state index in [9.17, 15) is 18.0 Å². The lowest BCUT2D eigenvalue weighted by molar-refractivity contribution is -0.114. The van der Waals surface area contributed by atoms with Crippen LogP contribution in [0.4, 0.5) is 11.4 Å². The molecule has 0 aliphatic rings. The van der Waals surface area contributed by atoms with Crippen molar-refractivity contribution >= 4 is 44.9 Å². The molecule has 1 N–H and O–H groups in total. The van der Waals surface area contributed by atoms with Crippen molar-refractivity contribution in [2.45, 2.75) is 25.7 Å². The molecule has 0 spiro atoms. The maximum Gasteiger partial charge on any atom is 0.338 e. The zero-order valence-corrected chi connectivity index (χ0v) is 20.6. The highest BCUT2D eigenvalue weighted by Crippen LogP contribution is 2.31. The number of rotatable bonds is 8. The van der Waals surface area contributed by atoms with Gasteiger partial charge in [-0.05, 0) is 68.3 Å². The van der Waals surface area contributed by atoms with Crippen molar-refractivity contribution in [3.63, 3.8) is 0 Å². The second kappa shape index (κ2) is 10.7. The standard InChI is InChI=1S/C25H25ClN2O5S/c1-4-33-25(30)20-12-8-14-22(17(20)2)27-24(29)16-28(23-15-9-13-21(26)18(23)3)34(31,32)19-10-6-5-7-11-19/h5-15H,4,16H2,1-3H3,(H,27,29). The molecule has 3 aromatic carbocycles. The lowest BCUT2D eigenvalue weighted by atomic mass is 10.1. The van der Waals surface area contributed by atoms with E-state index in [1.54, 1.807) is 75.4 Å². The number of nitrogens with one attached hydrogen (secondary N) is 1. The third-order valence-corrected chi connectivity index (χ3v) is 7.41. The Kier molecular flexibility index (Phi) is 7.96. The molecule has 0 saturated heterocycles. The van der Waals surface area contributed by atoms with Crippen LogP contribution in [0.15, 0.2) is 71.6 Å². The van der Waals surface area contributed by atoms with E-state index in [-0.39, 0.29) is 11.5 Å². The Morgan fingerprint density at radius 3 is 2.29 bits per heavy atom. The van der Waals surface area contributed by atoms with Crippen LogP contribution in [0.2, 0.25) is 5.02 Å². The molecular weight excluding hydrogens is 476 g/mol. The van der Waals surface area contributed by atoms with E-state index in [0.29, 0.717) is 33.1 Å². The predicted molar refractivity (Wildman–Crippen MR) is 133 cm³/mol. The molecule has 0 saturated carbocycles. The van der Waals surface area contributed by atoms with Gasteiger partial charge in [0, 0.05) is 10.7 Å². The van der Waals surface area contributed by atoms with Crippen LogP contribution in [0.5, 0.6) is 0 Å². The van der Waals surface area contributed by atoms with Gasteiger partial charge in [-0.25, -0.2) is 13.2 Å². The summed E-state index contributed by atoms with van der Waals surface area (Å²) in [5, 5.41) is 3.10. The number of anilines is 2. The molecular formula is C25H25ClN2O5S. The van der Waals surface area contributed by atoms with Gasteiger partial charge in [-0.2, -0.15) is 0 Å². The van der Waals surface area contributed by atoms with Crippen molar-refractivity contribution in [3.05, 3.63) is 88.4 Å². The first-order valence-electron chi connectivity index (χ1n) is 10.6. The normalized spacial score (nSPS) is 11.1. The molecule has 0 aromatic heterocycles. The Bertz CT molecular complexity index is 1310. The van der Waals surface area contributed by atoms with Gasteiger partial charge >= 0.3 is 5.97 Å². The fourth-order valence-corrected chi connectivity index (χ4v) is 5.08. The highest BCUT2D eigenvalue weighted by molar-refractivity contribution is 7.92. The van der Waals surface area contributed by atoms with Crippen LogP contribution in [-0.2, 0) is 19.6 Å². The summed E-state index contributed by atoms with van der Waals surface area (Å²) in [5.41, 5.74) is 2.04. The number of halogens is 1. The van der Waals surface area contributed by atoms with Gasteiger partial charge < -0.3 is 10.1 Å². The van der Waals surface area contributed by atoms with Crippen molar-refractivity contribution in [1.29, 1.82) is 0 Å². The molecule has 3 aromatic rings. The number of amides is 1. The summed E-state index contributed by atoms with van der Waals surface area (Å²) >= 11 is 6.25. The predicted octanol–water partition coefficient (Wildman–Crippen LogP) is 4.97. The van der Waals surface area contributed by atoms with Crippen molar-refractivity contribution in [3.8, 4) is 0 Å². The SMILES string of the molecule is CCOC(=O)c1cccc(NC(=O)CN(c2cccc(Cl)c2C)S(=O)(=O)c2ccccc2)c1C. The smallest absolute Gasteiger partial charge is 0.338 e. The third kappa shape index (κ3) is 5.40. The number of esters is 1. The van der Waals surface area contributed by atoms with E-state index >= 15 is 0 Å². The van der Waals surface area contributed by atoms with Gasteiger partial charge in [-0.1, -0.05) is 41.9 Å². The van der Waals surface area contributed by atoms with Gasteiger partial charge in [-0.3, -0.25) is 9.10 Å². The number of hydrogen-bond donors (Lipinski definition) is 1. The maximum atomic E-state index is 13.5. The van der Waals surface area contributed by atoms with Gasteiger partial charge in [0.05, 0.1) is 22.8 Å². The van der Waals surface area contributed by atoms with Crippen LogP contribution >= 0.6 is 11.6 Å². The monoisotopic (exact) mass is 500 g/mol. The molecule has 0 radical (unpaired) electrons. The number of benzene rings is 3. The van der Waals surface area contributed by atoms with Crippen molar-refractivity contribution in [1.82, 2.24) is 0 Å². The van der Waals surface area contributed by atoms with Crippen LogP contribution in [0.25, 0.3) is 0 Å². The number of carbonyl (C=O) groups excluding carboxylic acids is 2. The van der Waals surface area contributed by atoms with Crippen LogP contribution in [0, 0.1) is 13.8 Å². The van der Waals surface area contributed by atoms with E-state index < -0.39 is 28.4 Å². The lowest BCUT2D eigenvalue weighted by Crippen LogP contribution is -2.38. The summed E-state index contributed by atoms with van der Waals surface area (Å²) in [7, 11) is -4.08. The molecule has 1 amide bonds. The van der Waals surface area contributed by atoms with E-state index in [0.717, 1.165) is 4.31 Å². The van der Waals surface area contributed by atoms with E-state index in [2.05, 4.69) is 5.32 Å². The minimum absolute atomic E-state index is 0.0441. The fraction of sp³-hybridized carbons (Fsp3) is 0.200. The van der Waals surface area contributed by atoms with Crippen LogP contribution in [-0.4, -0.2) is 33.4 Å². The first kappa shape index (κ1) is 25.3. The van der Waals surface area contributed by atoms with Gasteiger partial charge in [0.1, 0.15) is 6.54 Å². The van der Waals surface area contributed by atoms with Crippen LogP contribution in [0.3, 0.4) is 0 Å².